The first kappa shape index (κ1) is 21.9. The summed E-state index contributed by atoms with van der Waals surface area (Å²) in [6.45, 7) is 1.94. The van der Waals surface area contributed by atoms with Gasteiger partial charge in [0.15, 0.2) is 5.16 Å². The lowest BCUT2D eigenvalue weighted by Crippen LogP contribution is -2.26. The second-order valence-electron chi connectivity index (χ2n) is 8.06. The van der Waals surface area contributed by atoms with Gasteiger partial charge in [-0.1, -0.05) is 42.1 Å². The van der Waals surface area contributed by atoms with E-state index in [1.807, 2.05) is 30.3 Å². The zero-order valence-corrected chi connectivity index (χ0v) is 19.7. The molecule has 1 amide bonds. The van der Waals surface area contributed by atoms with Crippen LogP contribution in [-0.2, 0) is 24.2 Å². The maximum atomic E-state index is 13.7. The number of rotatable bonds is 6. The third kappa shape index (κ3) is 4.32. The van der Waals surface area contributed by atoms with Gasteiger partial charge in [-0.05, 0) is 61.1 Å². The SMILES string of the molecule is Cc1ccc(CNC(=O)CSc2nc3sc4c(c3c(=O)n2-c2ccccc2)CCC4)cc1F. The zero-order valence-electron chi connectivity index (χ0n) is 18.1. The molecule has 0 bridgehead atoms. The van der Waals surface area contributed by atoms with Gasteiger partial charge in [0.25, 0.3) is 5.56 Å². The van der Waals surface area contributed by atoms with Crippen molar-refractivity contribution in [2.45, 2.75) is 37.9 Å². The fourth-order valence-electron chi connectivity index (χ4n) is 4.05. The minimum absolute atomic E-state index is 0.0800. The zero-order chi connectivity index (χ0) is 22.9. The van der Waals surface area contributed by atoms with Crippen molar-refractivity contribution < 1.29 is 9.18 Å². The van der Waals surface area contributed by atoms with Crippen LogP contribution in [0.15, 0.2) is 58.5 Å². The average molecular weight is 480 g/mol. The van der Waals surface area contributed by atoms with Crippen molar-refractivity contribution in [3.05, 3.63) is 86.3 Å². The molecule has 2 heterocycles. The molecule has 8 heteroatoms. The number of hydrogen-bond acceptors (Lipinski definition) is 5. The topological polar surface area (TPSA) is 64.0 Å². The summed E-state index contributed by atoms with van der Waals surface area (Å²) < 4.78 is 15.4. The second-order valence-corrected chi connectivity index (χ2v) is 10.1. The van der Waals surface area contributed by atoms with E-state index in [2.05, 4.69) is 5.32 Å². The van der Waals surface area contributed by atoms with Crippen LogP contribution < -0.4 is 10.9 Å². The van der Waals surface area contributed by atoms with Crippen molar-refractivity contribution in [1.29, 1.82) is 0 Å². The van der Waals surface area contributed by atoms with E-state index in [0.29, 0.717) is 21.7 Å². The average Bonchev–Trinajstić information content (AvgIpc) is 3.40. The highest BCUT2D eigenvalue weighted by Crippen LogP contribution is 2.36. The number of benzene rings is 2. The number of nitrogens with zero attached hydrogens (tertiary/aromatic N) is 2. The standard InChI is InChI=1S/C25H22FN3O2S2/c1-15-10-11-16(12-19(15)26)13-27-21(30)14-32-25-28-23-22(18-8-5-9-20(18)33-23)24(31)29(25)17-6-3-2-4-7-17/h2-4,6-7,10-12H,5,8-9,13-14H2,1H3,(H,27,30). The van der Waals surface area contributed by atoms with E-state index in [1.165, 1.54) is 22.7 Å². The van der Waals surface area contributed by atoms with Crippen LogP contribution in [-0.4, -0.2) is 21.2 Å². The smallest absolute Gasteiger partial charge is 0.267 e. The Kier molecular flexibility index (Phi) is 6.03. The predicted molar refractivity (Wildman–Crippen MR) is 131 cm³/mol. The Labute approximate surface area is 198 Å². The molecule has 5 nitrogen and oxygen atoms in total. The fourth-order valence-corrected chi connectivity index (χ4v) is 6.20. The number of fused-ring (bicyclic) bond motifs is 3. The van der Waals surface area contributed by atoms with Crippen molar-refractivity contribution in [1.82, 2.24) is 14.9 Å². The highest BCUT2D eigenvalue weighted by molar-refractivity contribution is 7.99. The van der Waals surface area contributed by atoms with E-state index in [0.717, 1.165) is 35.3 Å². The molecular formula is C25H22FN3O2S2. The van der Waals surface area contributed by atoms with E-state index in [1.54, 1.807) is 35.0 Å². The van der Waals surface area contributed by atoms with Gasteiger partial charge in [0.05, 0.1) is 16.8 Å². The molecule has 1 N–H and O–H groups in total. The molecule has 168 valence electrons. The maximum Gasteiger partial charge on any atom is 0.267 e. The minimum Gasteiger partial charge on any atom is -0.351 e. The molecule has 1 aliphatic carbocycles. The molecule has 33 heavy (non-hydrogen) atoms. The van der Waals surface area contributed by atoms with Crippen LogP contribution in [0.25, 0.3) is 15.9 Å². The lowest BCUT2D eigenvalue weighted by molar-refractivity contribution is -0.118. The third-order valence-electron chi connectivity index (χ3n) is 5.78. The highest BCUT2D eigenvalue weighted by atomic mass is 32.2. The molecule has 4 aromatic rings. The molecule has 0 fully saturated rings. The van der Waals surface area contributed by atoms with E-state index in [4.69, 9.17) is 4.98 Å². The lowest BCUT2D eigenvalue weighted by Gasteiger charge is -2.12. The number of amides is 1. The number of carbonyl (C=O) groups is 1. The minimum atomic E-state index is -0.289. The van der Waals surface area contributed by atoms with E-state index in [-0.39, 0.29) is 29.6 Å². The number of thiophene rings is 1. The van der Waals surface area contributed by atoms with Gasteiger partial charge < -0.3 is 5.32 Å². The van der Waals surface area contributed by atoms with Gasteiger partial charge in [-0.3, -0.25) is 14.2 Å². The first-order valence-electron chi connectivity index (χ1n) is 10.8. The van der Waals surface area contributed by atoms with Gasteiger partial charge in [0, 0.05) is 11.4 Å². The Bertz CT molecular complexity index is 1410. The number of thioether (sulfide) groups is 1. The molecular weight excluding hydrogens is 457 g/mol. The van der Waals surface area contributed by atoms with Gasteiger partial charge in [0.2, 0.25) is 5.91 Å². The largest absolute Gasteiger partial charge is 0.351 e. The monoisotopic (exact) mass is 479 g/mol. The Morgan fingerprint density at radius 2 is 2.03 bits per heavy atom. The van der Waals surface area contributed by atoms with Crippen LogP contribution in [0.1, 0.15) is 28.0 Å². The van der Waals surface area contributed by atoms with Crippen LogP contribution in [0.5, 0.6) is 0 Å². The van der Waals surface area contributed by atoms with E-state index < -0.39 is 0 Å². The molecule has 0 saturated carbocycles. The summed E-state index contributed by atoms with van der Waals surface area (Å²) in [6, 6.07) is 14.3. The number of nitrogens with one attached hydrogen (secondary N) is 1. The van der Waals surface area contributed by atoms with E-state index >= 15 is 0 Å². The quantitative estimate of drug-likeness (QED) is 0.319. The molecule has 1 aliphatic rings. The number of carbonyl (C=O) groups excluding carboxylic acids is 1. The number of halogens is 1. The summed E-state index contributed by atoms with van der Waals surface area (Å²) in [5, 5.41) is 4.03. The van der Waals surface area contributed by atoms with Crippen molar-refractivity contribution >= 4 is 39.2 Å². The molecule has 5 rings (SSSR count). The predicted octanol–water partition coefficient (Wildman–Crippen LogP) is 4.79. The van der Waals surface area contributed by atoms with Gasteiger partial charge in [0.1, 0.15) is 10.6 Å². The Morgan fingerprint density at radius 1 is 1.21 bits per heavy atom. The normalized spacial score (nSPS) is 12.8. The van der Waals surface area contributed by atoms with Crippen molar-refractivity contribution in [2.24, 2.45) is 0 Å². The second kappa shape index (κ2) is 9.11. The van der Waals surface area contributed by atoms with Crippen LogP contribution in [0.2, 0.25) is 0 Å². The molecule has 0 aliphatic heterocycles. The van der Waals surface area contributed by atoms with Gasteiger partial charge in [-0.25, -0.2) is 9.37 Å². The van der Waals surface area contributed by atoms with Gasteiger partial charge in [-0.2, -0.15) is 0 Å². The number of para-hydroxylation sites is 1. The van der Waals surface area contributed by atoms with Crippen molar-refractivity contribution in [3.63, 3.8) is 0 Å². The van der Waals surface area contributed by atoms with Crippen LogP contribution in [0.4, 0.5) is 4.39 Å². The number of aromatic nitrogens is 2. The summed E-state index contributed by atoms with van der Waals surface area (Å²) in [4.78, 5) is 32.9. The van der Waals surface area contributed by atoms with Crippen molar-refractivity contribution in [3.8, 4) is 5.69 Å². The first-order valence-corrected chi connectivity index (χ1v) is 12.6. The molecule has 0 unspecified atom stereocenters. The van der Waals surface area contributed by atoms with Crippen LogP contribution in [0, 0.1) is 12.7 Å². The van der Waals surface area contributed by atoms with Crippen LogP contribution in [0.3, 0.4) is 0 Å². The summed E-state index contributed by atoms with van der Waals surface area (Å²) >= 11 is 2.82. The molecule has 0 spiro atoms. The summed E-state index contributed by atoms with van der Waals surface area (Å²) in [6.07, 6.45) is 2.98. The number of hydrogen-bond donors (Lipinski definition) is 1. The third-order valence-corrected chi connectivity index (χ3v) is 7.91. The maximum absolute atomic E-state index is 13.7. The molecule has 0 radical (unpaired) electrons. The number of aryl methyl sites for hydroxylation is 3. The Balaban J connectivity index is 1.41. The highest BCUT2D eigenvalue weighted by Gasteiger charge is 2.24. The summed E-state index contributed by atoms with van der Waals surface area (Å²) in [7, 11) is 0. The molecule has 2 aromatic heterocycles. The van der Waals surface area contributed by atoms with Crippen molar-refractivity contribution in [2.75, 3.05) is 5.75 Å². The molecule has 0 atom stereocenters. The van der Waals surface area contributed by atoms with E-state index in [9.17, 15) is 14.0 Å². The van der Waals surface area contributed by atoms with Gasteiger partial charge >= 0.3 is 0 Å². The Morgan fingerprint density at radius 3 is 2.82 bits per heavy atom. The molecule has 0 saturated heterocycles. The molecule has 2 aromatic carbocycles. The lowest BCUT2D eigenvalue weighted by atomic mass is 10.1. The summed E-state index contributed by atoms with van der Waals surface area (Å²) in [5.74, 6) is -0.392. The fraction of sp³-hybridized carbons (Fsp3) is 0.240. The van der Waals surface area contributed by atoms with Crippen LogP contribution >= 0.6 is 23.1 Å². The van der Waals surface area contributed by atoms with Gasteiger partial charge in [-0.15, -0.1) is 11.3 Å². The summed E-state index contributed by atoms with van der Waals surface area (Å²) in [5.41, 5.74) is 3.05. The Hall–Kier alpha value is -2.97. The first-order chi connectivity index (χ1) is 16.0.